The number of nitrogens with one attached hydrogen (secondary N) is 1. The third kappa shape index (κ3) is 4.17. The van der Waals surface area contributed by atoms with E-state index >= 15 is 0 Å². The van der Waals surface area contributed by atoms with Crippen LogP contribution in [-0.4, -0.2) is 17.1 Å². The van der Waals surface area contributed by atoms with Gasteiger partial charge >= 0.3 is 0 Å². The highest BCUT2D eigenvalue weighted by Crippen LogP contribution is 2.27. The number of aryl methyl sites for hydroxylation is 1. The molecule has 1 N–H and O–H groups in total. The molecule has 1 atom stereocenters. The molecule has 0 saturated heterocycles. The van der Waals surface area contributed by atoms with Gasteiger partial charge < -0.3 is 5.32 Å². The molecule has 2 aromatic carbocycles. The number of carbonyl (C=O) groups excluding carboxylic acids is 2. The molecule has 0 saturated carbocycles. The van der Waals surface area contributed by atoms with Crippen LogP contribution in [0.2, 0.25) is 5.02 Å². The van der Waals surface area contributed by atoms with Gasteiger partial charge in [0.25, 0.3) is 6.04 Å². The van der Waals surface area contributed by atoms with Crippen LogP contribution in [0.4, 0.5) is 5.69 Å². The molecule has 0 radical (unpaired) electrons. The van der Waals surface area contributed by atoms with Crippen LogP contribution in [0.3, 0.4) is 0 Å². The van der Waals surface area contributed by atoms with Gasteiger partial charge in [-0.25, -0.2) is 0 Å². The molecule has 6 nitrogen and oxygen atoms in total. The Labute approximate surface area is 143 Å². The van der Waals surface area contributed by atoms with Crippen molar-refractivity contribution in [2.75, 3.05) is 5.32 Å². The van der Waals surface area contributed by atoms with Crippen molar-refractivity contribution < 1.29 is 14.5 Å². The van der Waals surface area contributed by atoms with Gasteiger partial charge in [-0.1, -0.05) is 35.9 Å². The first-order valence-corrected chi connectivity index (χ1v) is 7.52. The van der Waals surface area contributed by atoms with Crippen LogP contribution in [-0.2, 0) is 16.0 Å². The second-order valence-corrected chi connectivity index (χ2v) is 5.66. The summed E-state index contributed by atoms with van der Waals surface area (Å²) in [4.78, 5) is 33.0. The van der Waals surface area contributed by atoms with Gasteiger partial charge in [-0.15, -0.1) is 0 Å². The lowest BCUT2D eigenvalue weighted by Crippen LogP contribution is -2.16. The lowest BCUT2D eigenvalue weighted by molar-refractivity contribution is -0.511. The quantitative estimate of drug-likeness (QED) is 0.493. The summed E-state index contributed by atoms with van der Waals surface area (Å²) in [6.07, 6.45) is 0.426. The molecule has 0 aliphatic heterocycles. The summed E-state index contributed by atoms with van der Waals surface area (Å²) in [7, 11) is 0. The lowest BCUT2D eigenvalue weighted by Gasteiger charge is -2.10. The van der Waals surface area contributed by atoms with Gasteiger partial charge in [0, 0.05) is 10.6 Å². The molecule has 0 heterocycles. The Morgan fingerprint density at radius 1 is 1.33 bits per heavy atom. The first-order valence-electron chi connectivity index (χ1n) is 7.15. The van der Waals surface area contributed by atoms with Gasteiger partial charge in [0.1, 0.15) is 0 Å². The van der Waals surface area contributed by atoms with Crippen molar-refractivity contribution in [3.8, 4) is 0 Å². The topological polar surface area (TPSA) is 89.3 Å². The van der Waals surface area contributed by atoms with Crippen LogP contribution in [0.5, 0.6) is 0 Å². The zero-order chi connectivity index (χ0) is 17.7. The predicted octanol–water partition coefficient (Wildman–Crippen LogP) is 3.35. The Hall–Kier alpha value is -2.73. The first-order chi connectivity index (χ1) is 11.4. The van der Waals surface area contributed by atoms with E-state index in [-0.39, 0.29) is 29.2 Å². The number of anilines is 1. The molecule has 1 amide bonds. The number of aldehydes is 1. The third-order valence-electron chi connectivity index (χ3n) is 3.57. The zero-order valence-corrected chi connectivity index (χ0v) is 13.6. The van der Waals surface area contributed by atoms with Crippen molar-refractivity contribution >= 4 is 29.5 Å². The lowest BCUT2D eigenvalue weighted by atomic mass is 10.1. The molecule has 0 bridgehead atoms. The maximum Gasteiger partial charge on any atom is 0.293 e. The number of amides is 1. The summed E-state index contributed by atoms with van der Waals surface area (Å²) >= 11 is 6.00. The average molecular weight is 347 g/mol. The second kappa shape index (κ2) is 7.70. The highest BCUT2D eigenvalue weighted by molar-refractivity contribution is 6.31. The van der Waals surface area contributed by atoms with Crippen molar-refractivity contribution in [2.45, 2.75) is 19.4 Å². The van der Waals surface area contributed by atoms with Gasteiger partial charge in [0.05, 0.1) is 17.0 Å². The largest absolute Gasteiger partial charge is 0.326 e. The van der Waals surface area contributed by atoms with Crippen LogP contribution in [0.25, 0.3) is 0 Å². The van der Waals surface area contributed by atoms with Crippen LogP contribution in [0.15, 0.2) is 42.5 Å². The Morgan fingerprint density at radius 2 is 2.04 bits per heavy atom. The SMILES string of the molecule is Cc1ccccc1CC(=O)Nc1ccc(C(C=O)[N+](=O)[O-])c(Cl)c1. The average Bonchev–Trinajstić information content (AvgIpc) is 2.52. The summed E-state index contributed by atoms with van der Waals surface area (Å²) < 4.78 is 0. The summed E-state index contributed by atoms with van der Waals surface area (Å²) in [5.74, 6) is -0.227. The minimum absolute atomic E-state index is 0.0532. The smallest absolute Gasteiger partial charge is 0.293 e. The van der Waals surface area contributed by atoms with E-state index in [9.17, 15) is 19.7 Å². The van der Waals surface area contributed by atoms with Gasteiger partial charge in [-0.2, -0.15) is 0 Å². The van der Waals surface area contributed by atoms with E-state index in [1.165, 1.54) is 18.2 Å². The highest BCUT2D eigenvalue weighted by atomic mass is 35.5. The van der Waals surface area contributed by atoms with Crippen LogP contribution in [0.1, 0.15) is 22.7 Å². The summed E-state index contributed by atoms with van der Waals surface area (Å²) in [5.41, 5.74) is 2.43. The summed E-state index contributed by atoms with van der Waals surface area (Å²) in [6.45, 7) is 1.92. The Bertz CT molecular complexity index is 792. The molecule has 0 fully saturated rings. The molecule has 24 heavy (non-hydrogen) atoms. The van der Waals surface area contributed by atoms with Crippen LogP contribution in [0, 0.1) is 17.0 Å². The fourth-order valence-corrected chi connectivity index (χ4v) is 2.56. The molecule has 7 heteroatoms. The normalized spacial score (nSPS) is 11.6. The van der Waals surface area contributed by atoms with Crippen molar-refractivity contribution in [1.82, 2.24) is 0 Å². The Kier molecular flexibility index (Phi) is 5.65. The minimum atomic E-state index is -1.52. The number of nitrogens with zero attached hydrogens (tertiary/aromatic N) is 1. The Morgan fingerprint density at radius 3 is 2.62 bits per heavy atom. The van der Waals surface area contributed by atoms with Gasteiger partial charge in [-0.3, -0.25) is 19.7 Å². The van der Waals surface area contributed by atoms with E-state index in [1.54, 1.807) is 0 Å². The highest BCUT2D eigenvalue weighted by Gasteiger charge is 2.24. The molecule has 0 aliphatic carbocycles. The molecule has 2 aromatic rings. The molecule has 0 spiro atoms. The number of nitro groups is 1. The number of carbonyl (C=O) groups is 2. The maximum atomic E-state index is 12.1. The van der Waals surface area contributed by atoms with Gasteiger partial charge in [-0.05, 0) is 36.2 Å². The number of halogens is 1. The number of hydrogen-bond acceptors (Lipinski definition) is 4. The Balaban J connectivity index is 2.12. The molecule has 1 unspecified atom stereocenters. The molecular weight excluding hydrogens is 332 g/mol. The summed E-state index contributed by atoms with van der Waals surface area (Å²) in [6, 6.07) is 10.3. The van der Waals surface area contributed by atoms with E-state index in [0.717, 1.165) is 11.1 Å². The molecular formula is C17H15ClN2O4. The van der Waals surface area contributed by atoms with Gasteiger partial charge in [0.15, 0.2) is 6.29 Å². The standard InChI is InChI=1S/C17H15ClN2O4/c1-11-4-2-3-5-12(11)8-17(22)19-13-6-7-14(15(18)9-13)16(10-21)20(23)24/h2-7,9-10,16H,8H2,1H3,(H,19,22). The number of hydrogen-bond donors (Lipinski definition) is 1. The second-order valence-electron chi connectivity index (χ2n) is 5.25. The number of rotatable bonds is 6. The van der Waals surface area contributed by atoms with Crippen molar-refractivity contribution in [3.05, 3.63) is 74.3 Å². The van der Waals surface area contributed by atoms with E-state index < -0.39 is 11.0 Å². The summed E-state index contributed by atoms with van der Waals surface area (Å²) in [5, 5.41) is 13.6. The van der Waals surface area contributed by atoms with Gasteiger partial charge in [0.2, 0.25) is 5.91 Å². The van der Waals surface area contributed by atoms with E-state index in [0.29, 0.717) is 5.69 Å². The first kappa shape index (κ1) is 17.6. The molecule has 2 rings (SSSR count). The third-order valence-corrected chi connectivity index (χ3v) is 3.90. The zero-order valence-electron chi connectivity index (χ0n) is 12.9. The number of benzene rings is 2. The minimum Gasteiger partial charge on any atom is -0.326 e. The van der Waals surface area contributed by atoms with E-state index in [4.69, 9.17) is 11.6 Å². The maximum absolute atomic E-state index is 12.1. The predicted molar refractivity (Wildman–Crippen MR) is 90.8 cm³/mol. The molecule has 124 valence electrons. The van der Waals surface area contributed by atoms with Crippen molar-refractivity contribution in [2.24, 2.45) is 0 Å². The molecule has 0 aromatic heterocycles. The van der Waals surface area contributed by atoms with Crippen molar-refractivity contribution in [3.63, 3.8) is 0 Å². The van der Waals surface area contributed by atoms with Crippen LogP contribution >= 0.6 is 11.6 Å². The van der Waals surface area contributed by atoms with E-state index in [2.05, 4.69) is 5.32 Å². The fraction of sp³-hybridized carbons (Fsp3) is 0.176. The van der Waals surface area contributed by atoms with Crippen LogP contribution < -0.4 is 5.32 Å². The monoisotopic (exact) mass is 346 g/mol. The van der Waals surface area contributed by atoms with E-state index in [1.807, 2.05) is 31.2 Å². The fourth-order valence-electron chi connectivity index (χ4n) is 2.27. The molecule has 0 aliphatic rings. The van der Waals surface area contributed by atoms with Crippen molar-refractivity contribution in [1.29, 1.82) is 0 Å².